The number of ether oxygens (including phenoxy) is 2. The molecule has 0 amide bonds. The van der Waals surface area contributed by atoms with Gasteiger partial charge < -0.3 is 14.6 Å². The molecule has 2 fully saturated rings. The summed E-state index contributed by atoms with van der Waals surface area (Å²) < 4.78 is 12.2. The molecule has 0 aromatic carbocycles. The van der Waals surface area contributed by atoms with Gasteiger partial charge in [-0.2, -0.15) is 0 Å². The maximum absolute atomic E-state index is 11.8. The molecule has 4 nitrogen and oxygen atoms in total. The lowest BCUT2D eigenvalue weighted by atomic mass is 9.52. The standard InChI is InChI=1S/C17H26O4/c1-9-6-7-12(19)17(5)11(8-18)10(2)14-15(13(9)17)21-16(3,4)20-14/h8-9,12-15,19H,6-7H2,1-5H3/t9-,12+,13-,14-,15+,17+/m1/s1. The van der Waals surface area contributed by atoms with Crippen LogP contribution in [0.15, 0.2) is 11.1 Å². The Hall–Kier alpha value is -0.710. The van der Waals surface area contributed by atoms with Gasteiger partial charge in [-0.1, -0.05) is 13.8 Å². The van der Waals surface area contributed by atoms with Gasteiger partial charge in [0.25, 0.3) is 0 Å². The molecule has 0 aromatic rings. The van der Waals surface area contributed by atoms with Crippen LogP contribution in [0.5, 0.6) is 0 Å². The van der Waals surface area contributed by atoms with Gasteiger partial charge >= 0.3 is 0 Å². The van der Waals surface area contributed by atoms with Crippen molar-refractivity contribution in [1.29, 1.82) is 0 Å². The summed E-state index contributed by atoms with van der Waals surface area (Å²) in [6.07, 6.45) is 1.86. The van der Waals surface area contributed by atoms with Gasteiger partial charge in [0.05, 0.1) is 12.2 Å². The third kappa shape index (κ3) is 1.96. The normalized spacial score (nSPS) is 48.8. The number of hydrogen-bond acceptors (Lipinski definition) is 4. The second kappa shape index (κ2) is 4.64. The molecular formula is C17H26O4. The molecular weight excluding hydrogens is 268 g/mol. The van der Waals surface area contributed by atoms with Crippen molar-refractivity contribution >= 4 is 6.29 Å². The molecule has 1 saturated heterocycles. The molecule has 6 atom stereocenters. The highest BCUT2D eigenvalue weighted by molar-refractivity contribution is 5.78. The van der Waals surface area contributed by atoms with Crippen LogP contribution in [0.1, 0.15) is 47.5 Å². The second-order valence-electron chi connectivity index (χ2n) is 7.61. The van der Waals surface area contributed by atoms with Crippen molar-refractivity contribution in [2.75, 3.05) is 0 Å². The minimum Gasteiger partial charge on any atom is -0.392 e. The van der Waals surface area contributed by atoms with Gasteiger partial charge in [-0.15, -0.1) is 0 Å². The first-order valence-electron chi connectivity index (χ1n) is 7.92. The van der Waals surface area contributed by atoms with Crippen molar-refractivity contribution in [2.45, 2.75) is 71.6 Å². The summed E-state index contributed by atoms with van der Waals surface area (Å²) in [5.74, 6) is -0.138. The number of hydrogen-bond donors (Lipinski definition) is 1. The van der Waals surface area contributed by atoms with E-state index in [1.165, 1.54) is 0 Å². The van der Waals surface area contributed by atoms with E-state index in [1.807, 2.05) is 27.7 Å². The average Bonchev–Trinajstić information content (AvgIpc) is 2.70. The lowest BCUT2D eigenvalue weighted by molar-refractivity contribution is -0.165. The van der Waals surface area contributed by atoms with Crippen molar-refractivity contribution in [3.05, 3.63) is 11.1 Å². The zero-order valence-electron chi connectivity index (χ0n) is 13.6. The maximum atomic E-state index is 11.8. The lowest BCUT2D eigenvalue weighted by Gasteiger charge is -2.54. The zero-order valence-corrected chi connectivity index (χ0v) is 13.6. The molecule has 0 radical (unpaired) electrons. The predicted molar refractivity (Wildman–Crippen MR) is 78.6 cm³/mol. The quantitative estimate of drug-likeness (QED) is 0.755. The van der Waals surface area contributed by atoms with E-state index in [4.69, 9.17) is 9.47 Å². The first-order valence-corrected chi connectivity index (χ1v) is 7.92. The van der Waals surface area contributed by atoms with Crippen LogP contribution in [0.4, 0.5) is 0 Å². The van der Waals surface area contributed by atoms with E-state index in [-0.39, 0.29) is 18.1 Å². The first kappa shape index (κ1) is 15.2. The first-order chi connectivity index (χ1) is 9.72. The Morgan fingerprint density at radius 1 is 1.24 bits per heavy atom. The monoisotopic (exact) mass is 294 g/mol. The van der Waals surface area contributed by atoms with E-state index in [1.54, 1.807) is 0 Å². The number of fused-ring (bicyclic) bond motifs is 3. The third-order valence-electron chi connectivity index (χ3n) is 5.93. The Balaban J connectivity index is 2.16. The van der Waals surface area contributed by atoms with Gasteiger partial charge in [-0.05, 0) is 45.1 Å². The Labute approximate surface area is 126 Å². The van der Waals surface area contributed by atoms with E-state index in [0.717, 1.165) is 24.7 Å². The topological polar surface area (TPSA) is 55.8 Å². The highest BCUT2D eigenvalue weighted by Gasteiger charge is 2.61. The summed E-state index contributed by atoms with van der Waals surface area (Å²) in [6, 6.07) is 0. The van der Waals surface area contributed by atoms with Gasteiger partial charge in [0.15, 0.2) is 5.79 Å². The fourth-order valence-corrected chi connectivity index (χ4v) is 4.92. The Bertz CT molecular complexity index is 495. The molecule has 0 unspecified atom stereocenters. The minimum absolute atomic E-state index is 0.0846. The highest BCUT2D eigenvalue weighted by Crippen LogP contribution is 2.58. The van der Waals surface area contributed by atoms with Crippen LogP contribution >= 0.6 is 0 Å². The predicted octanol–water partition coefficient (Wildman–Crippen LogP) is 2.45. The molecule has 1 heterocycles. The largest absolute Gasteiger partial charge is 0.392 e. The molecule has 2 aliphatic carbocycles. The fraction of sp³-hybridized carbons (Fsp3) is 0.824. The minimum atomic E-state index is -0.641. The van der Waals surface area contributed by atoms with Gasteiger partial charge in [0.1, 0.15) is 12.4 Å². The van der Waals surface area contributed by atoms with Crippen molar-refractivity contribution in [3.63, 3.8) is 0 Å². The summed E-state index contributed by atoms with van der Waals surface area (Å²) in [5.41, 5.74) is 1.11. The molecule has 0 bridgehead atoms. The van der Waals surface area contributed by atoms with Crippen LogP contribution in [-0.4, -0.2) is 35.5 Å². The van der Waals surface area contributed by atoms with Gasteiger partial charge in [0, 0.05) is 16.9 Å². The maximum Gasteiger partial charge on any atom is 0.164 e. The van der Waals surface area contributed by atoms with Crippen molar-refractivity contribution in [2.24, 2.45) is 17.3 Å². The third-order valence-corrected chi connectivity index (χ3v) is 5.93. The number of aldehydes is 1. The number of carbonyl (C=O) groups excluding carboxylic acids is 1. The van der Waals surface area contributed by atoms with Crippen molar-refractivity contribution in [1.82, 2.24) is 0 Å². The molecule has 4 heteroatoms. The van der Waals surface area contributed by atoms with Crippen LogP contribution in [0.25, 0.3) is 0 Å². The van der Waals surface area contributed by atoms with E-state index in [9.17, 15) is 9.90 Å². The molecule has 0 aromatic heterocycles. The Morgan fingerprint density at radius 3 is 2.52 bits per heavy atom. The number of aliphatic hydroxyl groups is 1. The van der Waals surface area contributed by atoms with Gasteiger partial charge in [-0.25, -0.2) is 0 Å². The lowest BCUT2D eigenvalue weighted by Crippen LogP contribution is -2.58. The van der Waals surface area contributed by atoms with Crippen LogP contribution in [0.2, 0.25) is 0 Å². The number of carbonyl (C=O) groups is 1. The number of rotatable bonds is 1. The molecule has 21 heavy (non-hydrogen) atoms. The van der Waals surface area contributed by atoms with E-state index in [0.29, 0.717) is 11.5 Å². The summed E-state index contributed by atoms with van der Waals surface area (Å²) in [5, 5.41) is 10.7. The molecule has 3 aliphatic rings. The average molecular weight is 294 g/mol. The van der Waals surface area contributed by atoms with Crippen LogP contribution in [0.3, 0.4) is 0 Å². The zero-order chi connectivity index (χ0) is 15.6. The van der Waals surface area contributed by atoms with E-state index >= 15 is 0 Å². The SMILES string of the molecule is CC1=C(C=O)[C@]2(C)[C@@H]([C@@H]3OC(C)(C)O[C@H]13)[C@H](C)CC[C@@H]2O. The molecule has 3 rings (SSSR count). The molecule has 0 spiro atoms. The van der Waals surface area contributed by atoms with Crippen LogP contribution in [0, 0.1) is 17.3 Å². The smallest absolute Gasteiger partial charge is 0.164 e. The highest BCUT2D eigenvalue weighted by atomic mass is 16.8. The van der Waals surface area contributed by atoms with Crippen LogP contribution < -0.4 is 0 Å². The van der Waals surface area contributed by atoms with Crippen molar-refractivity contribution in [3.8, 4) is 0 Å². The Morgan fingerprint density at radius 2 is 1.90 bits per heavy atom. The Kier molecular flexibility index (Phi) is 3.36. The van der Waals surface area contributed by atoms with E-state index < -0.39 is 17.3 Å². The number of aliphatic hydroxyl groups excluding tert-OH is 1. The molecule has 1 saturated carbocycles. The van der Waals surface area contributed by atoms with Crippen LogP contribution in [-0.2, 0) is 14.3 Å². The summed E-state index contributed by atoms with van der Waals surface area (Å²) in [4.78, 5) is 11.8. The summed E-state index contributed by atoms with van der Waals surface area (Å²) in [7, 11) is 0. The molecule has 1 aliphatic heterocycles. The van der Waals surface area contributed by atoms with Gasteiger partial charge in [0.2, 0.25) is 0 Å². The van der Waals surface area contributed by atoms with Gasteiger partial charge in [-0.3, -0.25) is 4.79 Å². The second-order valence-corrected chi connectivity index (χ2v) is 7.61. The van der Waals surface area contributed by atoms with E-state index in [2.05, 4.69) is 6.92 Å². The molecule has 1 N–H and O–H groups in total. The fourth-order valence-electron chi connectivity index (χ4n) is 4.92. The summed E-state index contributed by atoms with van der Waals surface area (Å²) in [6.45, 7) is 10.0. The van der Waals surface area contributed by atoms with Crippen molar-refractivity contribution < 1.29 is 19.4 Å². The molecule has 118 valence electrons. The summed E-state index contributed by atoms with van der Waals surface area (Å²) >= 11 is 0.